The average Bonchev–Trinajstić information content (AvgIpc) is 2.46. The normalized spacial score (nSPS) is 11.4. The lowest BCUT2D eigenvalue weighted by Gasteiger charge is -2.11. The molecule has 0 amide bonds. The molecule has 0 unspecified atom stereocenters. The second kappa shape index (κ2) is 6.36. The second-order valence-electron chi connectivity index (χ2n) is 4.89. The topological polar surface area (TPSA) is 52.1 Å². The quantitative estimate of drug-likeness (QED) is 0.802. The fraction of sp³-hybridized carbons (Fsp3) is 0.312. The summed E-state index contributed by atoms with van der Waals surface area (Å²) < 4.78 is 43.3. The summed E-state index contributed by atoms with van der Waals surface area (Å²) in [5, 5.41) is 0. The summed E-state index contributed by atoms with van der Waals surface area (Å²) in [5.41, 5.74) is 0.430. The van der Waals surface area contributed by atoms with Crippen molar-refractivity contribution in [3.63, 3.8) is 0 Å². The standard InChI is InChI=1S/C16H15F3N2O2/c1-4-23-15(22)13-9(2)20-14(21-10(13)3)11-6-5-7-12(8-11)16(17,18)19/h5-8H,4H2,1-3H3. The van der Waals surface area contributed by atoms with Crippen molar-refractivity contribution in [2.24, 2.45) is 0 Å². The van der Waals surface area contributed by atoms with Gasteiger partial charge in [0.15, 0.2) is 5.82 Å². The number of aromatic nitrogens is 2. The number of aryl methyl sites for hydroxylation is 2. The predicted octanol–water partition coefficient (Wildman–Crippen LogP) is 3.96. The first-order valence-corrected chi connectivity index (χ1v) is 6.94. The Labute approximate surface area is 131 Å². The van der Waals surface area contributed by atoms with Crippen LogP contribution in [0.3, 0.4) is 0 Å². The molecule has 23 heavy (non-hydrogen) atoms. The van der Waals surface area contributed by atoms with E-state index in [4.69, 9.17) is 4.74 Å². The van der Waals surface area contributed by atoms with Crippen LogP contribution in [0, 0.1) is 13.8 Å². The maximum atomic E-state index is 12.8. The van der Waals surface area contributed by atoms with E-state index in [1.54, 1.807) is 20.8 Å². The molecule has 0 aliphatic rings. The molecule has 2 aromatic rings. The Morgan fingerprint density at radius 3 is 2.30 bits per heavy atom. The van der Waals surface area contributed by atoms with E-state index in [1.165, 1.54) is 12.1 Å². The number of nitrogens with zero attached hydrogens (tertiary/aromatic N) is 2. The number of ether oxygens (including phenoxy) is 1. The minimum absolute atomic E-state index is 0.138. The fourth-order valence-corrected chi connectivity index (χ4v) is 2.18. The molecule has 0 fully saturated rings. The van der Waals surface area contributed by atoms with Crippen molar-refractivity contribution in [1.82, 2.24) is 9.97 Å². The number of rotatable bonds is 3. The van der Waals surface area contributed by atoms with Gasteiger partial charge in [-0.25, -0.2) is 14.8 Å². The van der Waals surface area contributed by atoms with Crippen LogP contribution in [0.15, 0.2) is 24.3 Å². The molecular formula is C16H15F3N2O2. The van der Waals surface area contributed by atoms with Crippen LogP contribution in [-0.2, 0) is 10.9 Å². The van der Waals surface area contributed by atoms with Crippen molar-refractivity contribution in [2.75, 3.05) is 6.61 Å². The van der Waals surface area contributed by atoms with E-state index in [1.807, 2.05) is 0 Å². The monoisotopic (exact) mass is 324 g/mol. The Balaban J connectivity index is 2.48. The molecular weight excluding hydrogens is 309 g/mol. The highest BCUT2D eigenvalue weighted by Gasteiger charge is 2.30. The van der Waals surface area contributed by atoms with E-state index in [9.17, 15) is 18.0 Å². The lowest BCUT2D eigenvalue weighted by atomic mass is 10.1. The minimum Gasteiger partial charge on any atom is -0.462 e. The Morgan fingerprint density at radius 2 is 1.78 bits per heavy atom. The van der Waals surface area contributed by atoms with Gasteiger partial charge in [-0.05, 0) is 32.9 Å². The molecule has 0 saturated heterocycles. The van der Waals surface area contributed by atoms with Crippen molar-refractivity contribution >= 4 is 5.97 Å². The Kier molecular flexibility index (Phi) is 4.68. The molecule has 0 saturated carbocycles. The average molecular weight is 324 g/mol. The summed E-state index contributed by atoms with van der Waals surface area (Å²) in [5.74, 6) is -0.405. The zero-order valence-corrected chi connectivity index (χ0v) is 12.9. The number of hydrogen-bond donors (Lipinski definition) is 0. The zero-order valence-electron chi connectivity index (χ0n) is 12.9. The Bertz CT molecular complexity index is 719. The number of benzene rings is 1. The fourth-order valence-electron chi connectivity index (χ4n) is 2.18. The number of halogens is 3. The van der Waals surface area contributed by atoms with E-state index >= 15 is 0 Å². The van der Waals surface area contributed by atoms with Crippen LogP contribution in [0.4, 0.5) is 13.2 Å². The minimum atomic E-state index is -4.44. The van der Waals surface area contributed by atoms with Gasteiger partial charge in [0.2, 0.25) is 0 Å². The van der Waals surface area contributed by atoms with Crippen LogP contribution in [0.25, 0.3) is 11.4 Å². The van der Waals surface area contributed by atoms with E-state index in [2.05, 4.69) is 9.97 Å². The highest BCUT2D eigenvalue weighted by atomic mass is 19.4. The number of alkyl halides is 3. The van der Waals surface area contributed by atoms with Crippen molar-refractivity contribution in [2.45, 2.75) is 26.9 Å². The van der Waals surface area contributed by atoms with E-state index in [0.717, 1.165) is 12.1 Å². The predicted molar refractivity (Wildman–Crippen MR) is 77.9 cm³/mol. The largest absolute Gasteiger partial charge is 0.462 e. The Hall–Kier alpha value is -2.44. The van der Waals surface area contributed by atoms with Gasteiger partial charge < -0.3 is 4.74 Å². The molecule has 0 radical (unpaired) electrons. The maximum absolute atomic E-state index is 12.8. The first-order valence-electron chi connectivity index (χ1n) is 6.94. The highest BCUT2D eigenvalue weighted by Crippen LogP contribution is 2.31. The summed E-state index contributed by atoms with van der Waals surface area (Å²) in [4.78, 5) is 20.2. The lowest BCUT2D eigenvalue weighted by Crippen LogP contribution is -2.12. The SMILES string of the molecule is CCOC(=O)c1c(C)nc(-c2cccc(C(F)(F)F)c2)nc1C. The molecule has 0 aliphatic carbocycles. The summed E-state index contributed by atoms with van der Waals surface area (Å²) in [7, 11) is 0. The van der Waals surface area contributed by atoms with Crippen molar-refractivity contribution in [1.29, 1.82) is 0 Å². The van der Waals surface area contributed by atoms with Crippen molar-refractivity contribution in [3.05, 3.63) is 46.8 Å². The second-order valence-corrected chi connectivity index (χ2v) is 4.89. The third-order valence-corrected chi connectivity index (χ3v) is 3.20. The van der Waals surface area contributed by atoms with Crippen LogP contribution < -0.4 is 0 Å². The maximum Gasteiger partial charge on any atom is 0.416 e. The first kappa shape index (κ1) is 16.9. The van der Waals surface area contributed by atoms with Gasteiger partial charge in [-0.2, -0.15) is 13.2 Å². The van der Waals surface area contributed by atoms with E-state index in [-0.39, 0.29) is 23.6 Å². The molecule has 7 heteroatoms. The molecule has 1 aromatic heterocycles. The summed E-state index contributed by atoms with van der Waals surface area (Å²) >= 11 is 0. The van der Waals surface area contributed by atoms with Gasteiger partial charge in [0, 0.05) is 5.56 Å². The number of hydrogen-bond acceptors (Lipinski definition) is 4. The highest BCUT2D eigenvalue weighted by molar-refractivity contribution is 5.91. The number of esters is 1. The zero-order chi connectivity index (χ0) is 17.2. The molecule has 0 bridgehead atoms. The van der Waals surface area contributed by atoms with E-state index < -0.39 is 17.7 Å². The lowest BCUT2D eigenvalue weighted by molar-refractivity contribution is -0.137. The van der Waals surface area contributed by atoms with E-state index in [0.29, 0.717) is 11.4 Å². The summed E-state index contributed by atoms with van der Waals surface area (Å²) in [6.07, 6.45) is -4.44. The first-order chi connectivity index (χ1) is 10.7. The molecule has 4 nitrogen and oxygen atoms in total. The van der Waals surface area contributed by atoms with Crippen LogP contribution in [0.5, 0.6) is 0 Å². The van der Waals surface area contributed by atoms with Gasteiger partial charge in [0.25, 0.3) is 0 Å². The van der Waals surface area contributed by atoms with Crippen molar-refractivity contribution < 1.29 is 22.7 Å². The third-order valence-electron chi connectivity index (χ3n) is 3.20. The molecule has 1 heterocycles. The molecule has 0 N–H and O–H groups in total. The van der Waals surface area contributed by atoms with Gasteiger partial charge >= 0.3 is 12.1 Å². The van der Waals surface area contributed by atoms with Crippen LogP contribution in [-0.4, -0.2) is 22.5 Å². The number of carbonyl (C=O) groups excluding carboxylic acids is 1. The molecule has 2 rings (SSSR count). The molecule has 122 valence electrons. The third kappa shape index (κ3) is 3.67. The molecule has 1 aromatic carbocycles. The smallest absolute Gasteiger partial charge is 0.416 e. The van der Waals surface area contributed by atoms with Gasteiger partial charge in [0.05, 0.1) is 23.6 Å². The van der Waals surface area contributed by atoms with Crippen LogP contribution in [0.1, 0.15) is 34.2 Å². The molecule has 0 spiro atoms. The number of carbonyl (C=O) groups is 1. The van der Waals surface area contributed by atoms with Crippen LogP contribution >= 0.6 is 0 Å². The molecule has 0 atom stereocenters. The van der Waals surface area contributed by atoms with Gasteiger partial charge in [-0.3, -0.25) is 0 Å². The van der Waals surface area contributed by atoms with Gasteiger partial charge in [-0.15, -0.1) is 0 Å². The molecule has 0 aliphatic heterocycles. The summed E-state index contributed by atoms with van der Waals surface area (Å²) in [6.45, 7) is 5.09. The van der Waals surface area contributed by atoms with Crippen molar-refractivity contribution in [3.8, 4) is 11.4 Å². The van der Waals surface area contributed by atoms with Crippen LogP contribution in [0.2, 0.25) is 0 Å². The van der Waals surface area contributed by atoms with Gasteiger partial charge in [0.1, 0.15) is 5.56 Å². The van der Waals surface area contributed by atoms with Gasteiger partial charge in [-0.1, -0.05) is 12.1 Å². The Morgan fingerprint density at radius 1 is 1.17 bits per heavy atom. The summed E-state index contributed by atoms with van der Waals surface area (Å²) in [6, 6.07) is 4.76.